The number of carboxylic acid groups (broad SMARTS) is 1. The van der Waals surface area contributed by atoms with E-state index < -0.39 is 5.97 Å². The van der Waals surface area contributed by atoms with Gasteiger partial charge >= 0.3 is 5.97 Å². The van der Waals surface area contributed by atoms with E-state index in [9.17, 15) is 4.79 Å². The number of likely N-dealkylation sites (tertiary alicyclic amines) is 1. The van der Waals surface area contributed by atoms with E-state index in [1.165, 1.54) is 0 Å². The molecule has 1 aliphatic rings. The van der Waals surface area contributed by atoms with Gasteiger partial charge in [0.1, 0.15) is 6.04 Å². The zero-order chi connectivity index (χ0) is 11.4. The van der Waals surface area contributed by atoms with E-state index in [1.807, 2.05) is 23.1 Å². The third-order valence-corrected chi connectivity index (χ3v) is 2.99. The van der Waals surface area contributed by atoms with Crippen molar-refractivity contribution in [2.45, 2.75) is 31.8 Å². The van der Waals surface area contributed by atoms with Crippen LogP contribution in [0.3, 0.4) is 0 Å². The molecule has 0 bridgehead atoms. The highest BCUT2D eigenvalue weighted by atomic mass is 35.5. The van der Waals surface area contributed by atoms with Crippen LogP contribution in [0.2, 0.25) is 0 Å². The lowest BCUT2D eigenvalue weighted by Gasteiger charge is -2.32. The van der Waals surface area contributed by atoms with E-state index in [1.54, 1.807) is 6.20 Å². The van der Waals surface area contributed by atoms with Crippen molar-refractivity contribution >= 4 is 30.8 Å². The number of carbonyl (C=O) groups is 1. The minimum absolute atomic E-state index is 0. The van der Waals surface area contributed by atoms with E-state index in [2.05, 4.69) is 4.98 Å². The zero-order valence-corrected chi connectivity index (χ0v) is 11.6. The first kappa shape index (κ1) is 17.2. The number of rotatable bonds is 3. The summed E-state index contributed by atoms with van der Waals surface area (Å²) < 4.78 is 0. The van der Waals surface area contributed by atoms with E-state index in [0.717, 1.165) is 31.5 Å². The molecule has 0 amide bonds. The summed E-state index contributed by atoms with van der Waals surface area (Å²) >= 11 is 0. The normalized spacial score (nSPS) is 19.4. The summed E-state index contributed by atoms with van der Waals surface area (Å²) in [6.07, 6.45) is 4.59. The smallest absolute Gasteiger partial charge is 0.320 e. The fraction of sp³-hybridized carbons (Fsp3) is 0.500. The molecule has 0 aliphatic carbocycles. The molecule has 1 aliphatic heterocycles. The maximum absolute atomic E-state index is 11.1. The van der Waals surface area contributed by atoms with Crippen LogP contribution >= 0.6 is 24.8 Å². The largest absolute Gasteiger partial charge is 0.480 e. The summed E-state index contributed by atoms with van der Waals surface area (Å²) in [5.74, 6) is -0.712. The van der Waals surface area contributed by atoms with Gasteiger partial charge in [-0.1, -0.05) is 12.5 Å². The van der Waals surface area contributed by atoms with Gasteiger partial charge in [-0.05, 0) is 31.5 Å². The molecule has 2 rings (SSSR count). The SMILES string of the molecule is Cl.Cl.O=C(O)C1CCCCN1Cc1ccccn1. The molecule has 6 heteroatoms. The van der Waals surface area contributed by atoms with Crippen LogP contribution in [0.15, 0.2) is 24.4 Å². The van der Waals surface area contributed by atoms with Crippen LogP contribution in [0.25, 0.3) is 0 Å². The van der Waals surface area contributed by atoms with Crippen LogP contribution in [0.5, 0.6) is 0 Å². The second-order valence-electron chi connectivity index (χ2n) is 4.14. The number of piperidine rings is 1. The van der Waals surface area contributed by atoms with Gasteiger partial charge < -0.3 is 5.11 Å². The lowest BCUT2D eigenvalue weighted by molar-refractivity contribution is -0.144. The van der Waals surface area contributed by atoms with E-state index in [-0.39, 0.29) is 30.9 Å². The molecule has 1 unspecified atom stereocenters. The molecule has 1 atom stereocenters. The van der Waals surface area contributed by atoms with Gasteiger partial charge in [-0.25, -0.2) is 0 Å². The number of hydrogen-bond donors (Lipinski definition) is 1. The average molecular weight is 293 g/mol. The average Bonchev–Trinajstić information content (AvgIpc) is 2.31. The molecule has 0 radical (unpaired) electrons. The number of hydrogen-bond acceptors (Lipinski definition) is 3. The molecule has 2 heterocycles. The van der Waals surface area contributed by atoms with Crippen molar-refractivity contribution in [1.29, 1.82) is 0 Å². The second kappa shape index (κ2) is 8.29. The molecule has 0 spiro atoms. The van der Waals surface area contributed by atoms with Gasteiger partial charge in [0.25, 0.3) is 0 Å². The van der Waals surface area contributed by atoms with Crippen molar-refractivity contribution in [3.63, 3.8) is 0 Å². The van der Waals surface area contributed by atoms with Crippen molar-refractivity contribution in [2.24, 2.45) is 0 Å². The topological polar surface area (TPSA) is 53.4 Å². The molecular formula is C12H18Cl2N2O2. The minimum Gasteiger partial charge on any atom is -0.480 e. The van der Waals surface area contributed by atoms with Gasteiger partial charge in [-0.2, -0.15) is 0 Å². The van der Waals surface area contributed by atoms with Crippen molar-refractivity contribution < 1.29 is 9.90 Å². The Labute approximate surface area is 119 Å². The molecule has 1 aromatic rings. The predicted octanol–water partition coefficient (Wildman–Crippen LogP) is 2.36. The molecule has 4 nitrogen and oxygen atoms in total. The summed E-state index contributed by atoms with van der Waals surface area (Å²) in [5, 5.41) is 9.12. The zero-order valence-electron chi connectivity index (χ0n) is 9.99. The van der Waals surface area contributed by atoms with Gasteiger partial charge in [0.05, 0.1) is 5.69 Å². The molecule has 18 heavy (non-hydrogen) atoms. The third-order valence-electron chi connectivity index (χ3n) is 2.99. The highest BCUT2D eigenvalue weighted by Crippen LogP contribution is 2.19. The number of aliphatic carboxylic acids is 1. The first-order chi connectivity index (χ1) is 7.77. The van der Waals surface area contributed by atoms with Gasteiger partial charge in [0.2, 0.25) is 0 Å². The standard InChI is InChI=1S/C12H16N2O2.2ClH/c15-12(16)11-6-2-4-8-14(11)9-10-5-1-3-7-13-10;;/h1,3,5,7,11H,2,4,6,8-9H2,(H,15,16);2*1H. The number of aromatic nitrogens is 1. The van der Waals surface area contributed by atoms with E-state index >= 15 is 0 Å². The Bertz CT molecular complexity index is 362. The van der Waals surface area contributed by atoms with Crippen molar-refractivity contribution in [3.05, 3.63) is 30.1 Å². The molecule has 0 saturated carbocycles. The number of carboxylic acids is 1. The van der Waals surface area contributed by atoms with Crippen molar-refractivity contribution in [3.8, 4) is 0 Å². The maximum Gasteiger partial charge on any atom is 0.320 e. The summed E-state index contributed by atoms with van der Waals surface area (Å²) in [7, 11) is 0. The highest BCUT2D eigenvalue weighted by molar-refractivity contribution is 5.85. The lowest BCUT2D eigenvalue weighted by Crippen LogP contribution is -2.44. The molecule has 1 fully saturated rings. The Morgan fingerprint density at radius 1 is 1.39 bits per heavy atom. The quantitative estimate of drug-likeness (QED) is 0.929. The van der Waals surface area contributed by atoms with Crippen LogP contribution < -0.4 is 0 Å². The summed E-state index contributed by atoms with van der Waals surface area (Å²) in [5.41, 5.74) is 0.940. The fourth-order valence-corrected chi connectivity index (χ4v) is 2.16. The van der Waals surface area contributed by atoms with Gasteiger partial charge in [-0.3, -0.25) is 14.7 Å². The van der Waals surface area contributed by atoms with Gasteiger partial charge in [-0.15, -0.1) is 24.8 Å². The molecule has 1 N–H and O–H groups in total. The van der Waals surface area contributed by atoms with Gasteiger partial charge in [0.15, 0.2) is 0 Å². The third kappa shape index (κ3) is 4.44. The molecule has 1 aromatic heterocycles. The summed E-state index contributed by atoms with van der Waals surface area (Å²) in [4.78, 5) is 17.3. The summed E-state index contributed by atoms with van der Waals surface area (Å²) in [6.45, 7) is 1.49. The fourth-order valence-electron chi connectivity index (χ4n) is 2.16. The lowest BCUT2D eigenvalue weighted by atomic mass is 10.0. The molecule has 0 aromatic carbocycles. The second-order valence-corrected chi connectivity index (χ2v) is 4.14. The first-order valence-electron chi connectivity index (χ1n) is 5.64. The van der Waals surface area contributed by atoms with Crippen LogP contribution in [0, 0.1) is 0 Å². The van der Waals surface area contributed by atoms with Crippen LogP contribution in [-0.2, 0) is 11.3 Å². The van der Waals surface area contributed by atoms with Crippen LogP contribution in [-0.4, -0.2) is 33.5 Å². The van der Waals surface area contributed by atoms with E-state index in [0.29, 0.717) is 6.54 Å². The Hall–Kier alpha value is -0.840. The Balaban J connectivity index is 0.00000144. The minimum atomic E-state index is -0.712. The first-order valence-corrected chi connectivity index (χ1v) is 5.64. The monoisotopic (exact) mass is 292 g/mol. The summed E-state index contributed by atoms with van der Waals surface area (Å²) in [6, 6.07) is 5.40. The number of halogens is 2. The molecule has 102 valence electrons. The Morgan fingerprint density at radius 3 is 2.78 bits per heavy atom. The molecule has 1 saturated heterocycles. The number of pyridine rings is 1. The number of nitrogens with zero attached hydrogens (tertiary/aromatic N) is 2. The Kier molecular flexibility index (Phi) is 7.91. The van der Waals surface area contributed by atoms with Crippen molar-refractivity contribution in [2.75, 3.05) is 6.54 Å². The van der Waals surface area contributed by atoms with E-state index in [4.69, 9.17) is 5.11 Å². The molecular weight excluding hydrogens is 275 g/mol. The van der Waals surface area contributed by atoms with Gasteiger partial charge in [0, 0.05) is 12.7 Å². The van der Waals surface area contributed by atoms with Crippen LogP contribution in [0.4, 0.5) is 0 Å². The van der Waals surface area contributed by atoms with Crippen molar-refractivity contribution in [1.82, 2.24) is 9.88 Å². The van der Waals surface area contributed by atoms with Crippen LogP contribution in [0.1, 0.15) is 25.0 Å². The Morgan fingerprint density at radius 2 is 2.17 bits per heavy atom. The predicted molar refractivity (Wildman–Crippen MR) is 74.4 cm³/mol. The maximum atomic E-state index is 11.1. The highest BCUT2D eigenvalue weighted by Gasteiger charge is 2.28.